The van der Waals surface area contributed by atoms with Gasteiger partial charge in [-0.2, -0.15) is 0 Å². The number of carboxylic acid groups (broad SMARTS) is 1. The number of imidazole rings is 2. The molecule has 0 fully saturated rings. The quantitative estimate of drug-likeness (QED) is 0.205. The summed E-state index contributed by atoms with van der Waals surface area (Å²) in [4.78, 5) is 61.4. The molecule has 162 valence electrons. The summed E-state index contributed by atoms with van der Waals surface area (Å²) in [5.74, 6) is -3.11. The molecule has 0 aliphatic heterocycles. The molecule has 2 heterocycles. The van der Waals surface area contributed by atoms with Crippen molar-refractivity contribution >= 4 is 23.7 Å². The number of aromatic amines is 2. The van der Waals surface area contributed by atoms with Crippen molar-refractivity contribution in [2.45, 2.75) is 37.9 Å². The molecular weight excluding hydrogens is 396 g/mol. The lowest BCUT2D eigenvalue weighted by molar-refractivity contribution is -0.142. The number of H-pyrrole nitrogens is 2. The normalized spacial score (nSPS) is 13.7. The number of carbonyl (C=O) groups excluding carboxylic acids is 3. The molecule has 0 bridgehead atoms. The molecule has 3 atom stereocenters. The molecule has 0 aliphatic carbocycles. The first-order valence-corrected chi connectivity index (χ1v) is 9.07. The summed E-state index contributed by atoms with van der Waals surface area (Å²) in [6.07, 6.45) is 5.75. The van der Waals surface area contributed by atoms with E-state index in [-0.39, 0.29) is 19.4 Å². The first-order chi connectivity index (χ1) is 14.3. The van der Waals surface area contributed by atoms with Gasteiger partial charge in [0.25, 0.3) is 0 Å². The average molecular weight is 420 g/mol. The van der Waals surface area contributed by atoms with Crippen molar-refractivity contribution in [3.63, 3.8) is 0 Å². The van der Waals surface area contributed by atoms with Crippen LogP contribution in [0.4, 0.5) is 0 Å². The second-order valence-electron chi connectivity index (χ2n) is 6.52. The summed E-state index contributed by atoms with van der Waals surface area (Å²) in [6.45, 7) is 1.15. The Bertz CT molecular complexity index is 852. The van der Waals surface area contributed by atoms with Crippen molar-refractivity contribution in [1.82, 2.24) is 35.9 Å². The van der Waals surface area contributed by atoms with E-state index in [9.17, 15) is 24.3 Å². The minimum Gasteiger partial charge on any atom is -0.480 e. The number of hydrogen-bond acceptors (Lipinski definition) is 7. The number of aliphatic carboxylic acids is 1. The zero-order valence-electron chi connectivity index (χ0n) is 16.2. The number of rotatable bonds is 11. The third kappa shape index (κ3) is 6.70. The first-order valence-electron chi connectivity index (χ1n) is 9.07. The van der Waals surface area contributed by atoms with Crippen LogP contribution in [0.25, 0.3) is 0 Å². The minimum absolute atomic E-state index is 0.0191. The van der Waals surface area contributed by atoms with Crippen LogP contribution in [-0.2, 0) is 32.0 Å². The van der Waals surface area contributed by atoms with Crippen molar-refractivity contribution < 1.29 is 24.3 Å². The van der Waals surface area contributed by atoms with Crippen LogP contribution < -0.4 is 21.7 Å². The molecule has 0 aliphatic rings. The Morgan fingerprint density at radius 2 is 1.50 bits per heavy atom. The molecule has 2 aromatic rings. The molecule has 3 unspecified atom stereocenters. The Hall–Kier alpha value is -3.74. The van der Waals surface area contributed by atoms with Gasteiger partial charge < -0.3 is 36.8 Å². The molecule has 30 heavy (non-hydrogen) atoms. The molecule has 3 amide bonds. The van der Waals surface area contributed by atoms with Crippen LogP contribution >= 0.6 is 0 Å². The lowest BCUT2D eigenvalue weighted by Gasteiger charge is -2.22. The summed E-state index contributed by atoms with van der Waals surface area (Å²) in [5.41, 5.74) is 6.29. The van der Waals surface area contributed by atoms with Crippen molar-refractivity contribution in [3.05, 3.63) is 36.4 Å². The predicted molar refractivity (Wildman–Crippen MR) is 103 cm³/mol. The predicted octanol–water partition coefficient (Wildman–Crippen LogP) is -2.56. The molecule has 0 radical (unpaired) electrons. The van der Waals surface area contributed by atoms with Crippen LogP contribution in [0.1, 0.15) is 18.3 Å². The molecule has 0 spiro atoms. The maximum absolute atomic E-state index is 12.8. The highest BCUT2D eigenvalue weighted by Gasteiger charge is 2.29. The fourth-order valence-corrected chi connectivity index (χ4v) is 2.58. The highest BCUT2D eigenvalue weighted by molar-refractivity contribution is 5.93. The number of nitrogens with two attached hydrogens (primary N) is 1. The van der Waals surface area contributed by atoms with Gasteiger partial charge in [-0.1, -0.05) is 0 Å². The Labute approximate surface area is 171 Å². The summed E-state index contributed by atoms with van der Waals surface area (Å²) >= 11 is 0. The molecule has 2 rings (SSSR count). The van der Waals surface area contributed by atoms with E-state index in [1.807, 2.05) is 0 Å². The van der Waals surface area contributed by atoms with Crippen molar-refractivity contribution in [2.24, 2.45) is 5.73 Å². The Balaban J connectivity index is 2.10. The Morgan fingerprint density at radius 3 is 1.97 bits per heavy atom. The maximum Gasteiger partial charge on any atom is 0.326 e. The monoisotopic (exact) mass is 420 g/mol. The van der Waals surface area contributed by atoms with E-state index in [4.69, 9.17) is 5.73 Å². The van der Waals surface area contributed by atoms with E-state index in [1.54, 1.807) is 0 Å². The lowest BCUT2D eigenvalue weighted by Crippen LogP contribution is -2.56. The maximum atomic E-state index is 12.8. The van der Waals surface area contributed by atoms with Gasteiger partial charge >= 0.3 is 5.97 Å². The number of nitrogens with one attached hydrogen (secondary N) is 5. The van der Waals surface area contributed by atoms with Crippen molar-refractivity contribution in [1.29, 1.82) is 0 Å². The van der Waals surface area contributed by atoms with E-state index >= 15 is 0 Å². The van der Waals surface area contributed by atoms with Crippen LogP contribution in [-0.4, -0.2) is 73.4 Å². The lowest BCUT2D eigenvalue weighted by atomic mass is 10.1. The van der Waals surface area contributed by atoms with E-state index in [0.717, 1.165) is 0 Å². The number of carbonyl (C=O) groups is 4. The third-order valence-electron chi connectivity index (χ3n) is 4.16. The molecule has 13 heteroatoms. The van der Waals surface area contributed by atoms with Crippen LogP contribution in [0.2, 0.25) is 0 Å². The number of carboxylic acids is 1. The first kappa shape index (κ1) is 22.5. The fraction of sp³-hybridized carbons (Fsp3) is 0.412. The molecule has 0 saturated heterocycles. The number of hydrogen-bond donors (Lipinski definition) is 7. The molecule has 13 nitrogen and oxygen atoms in total. The van der Waals surface area contributed by atoms with Crippen molar-refractivity contribution in [2.75, 3.05) is 6.54 Å². The summed E-state index contributed by atoms with van der Waals surface area (Å²) < 4.78 is 0. The van der Waals surface area contributed by atoms with Gasteiger partial charge in [0.15, 0.2) is 0 Å². The van der Waals surface area contributed by atoms with E-state index in [0.29, 0.717) is 11.4 Å². The van der Waals surface area contributed by atoms with E-state index in [1.165, 1.54) is 32.0 Å². The minimum atomic E-state index is -1.24. The van der Waals surface area contributed by atoms with Gasteiger partial charge in [0, 0.05) is 36.6 Å². The van der Waals surface area contributed by atoms with Gasteiger partial charge in [-0.25, -0.2) is 14.8 Å². The van der Waals surface area contributed by atoms with Crippen LogP contribution in [0.5, 0.6) is 0 Å². The SMILES string of the molecule is CC(NC(=O)CN)C(=O)NC(Cc1cnc[nH]1)C(=O)NC(Cc1cnc[nH]1)C(=O)O. The molecule has 8 N–H and O–H groups in total. The summed E-state index contributed by atoms with van der Waals surface area (Å²) in [5, 5.41) is 16.8. The van der Waals surface area contributed by atoms with Crippen LogP contribution in [0.3, 0.4) is 0 Å². The van der Waals surface area contributed by atoms with Crippen LogP contribution in [0.15, 0.2) is 25.0 Å². The van der Waals surface area contributed by atoms with E-state index < -0.39 is 41.8 Å². The standard InChI is InChI=1S/C17H24N8O5/c1-9(23-14(26)4-18)15(27)24-12(2-10-5-19-7-21-10)16(28)25-13(17(29)30)3-11-6-20-8-22-11/h5-9,12-13H,2-4,18H2,1H3,(H,19,21)(H,20,22)(H,23,26)(H,24,27)(H,25,28)(H,29,30). The number of aromatic nitrogens is 4. The van der Waals surface area contributed by atoms with Crippen LogP contribution in [0, 0.1) is 0 Å². The number of amides is 3. The highest BCUT2D eigenvalue weighted by Crippen LogP contribution is 2.03. The molecule has 0 saturated carbocycles. The molecular formula is C17H24N8O5. The third-order valence-corrected chi connectivity index (χ3v) is 4.16. The van der Waals surface area contributed by atoms with Gasteiger partial charge in [0.05, 0.1) is 19.2 Å². The zero-order valence-corrected chi connectivity index (χ0v) is 16.2. The second-order valence-corrected chi connectivity index (χ2v) is 6.52. The smallest absolute Gasteiger partial charge is 0.326 e. The second kappa shape index (κ2) is 10.7. The number of nitrogens with zero attached hydrogens (tertiary/aromatic N) is 2. The topological polar surface area (TPSA) is 208 Å². The Kier molecular flexibility index (Phi) is 8.05. The Morgan fingerprint density at radius 1 is 0.967 bits per heavy atom. The van der Waals surface area contributed by atoms with Gasteiger partial charge in [-0.05, 0) is 6.92 Å². The highest BCUT2D eigenvalue weighted by atomic mass is 16.4. The zero-order chi connectivity index (χ0) is 22.1. The molecule has 0 aromatic carbocycles. The average Bonchev–Trinajstić information content (AvgIpc) is 3.40. The molecule has 2 aromatic heterocycles. The largest absolute Gasteiger partial charge is 0.480 e. The van der Waals surface area contributed by atoms with Gasteiger partial charge in [0.1, 0.15) is 18.1 Å². The summed E-state index contributed by atoms with van der Waals surface area (Å²) in [6, 6.07) is -3.30. The van der Waals surface area contributed by atoms with E-state index in [2.05, 4.69) is 35.9 Å². The summed E-state index contributed by atoms with van der Waals surface area (Å²) in [7, 11) is 0. The van der Waals surface area contributed by atoms with Gasteiger partial charge in [-0.3, -0.25) is 14.4 Å². The van der Waals surface area contributed by atoms with Crippen molar-refractivity contribution in [3.8, 4) is 0 Å². The van der Waals surface area contributed by atoms with Gasteiger partial charge in [0.2, 0.25) is 17.7 Å². The fourth-order valence-electron chi connectivity index (χ4n) is 2.58. The van der Waals surface area contributed by atoms with Gasteiger partial charge in [-0.15, -0.1) is 0 Å².